The number of nitrogens with zero attached hydrogens (tertiary/aromatic N) is 3. The Morgan fingerprint density at radius 2 is 1.72 bits per heavy atom. The van der Waals surface area contributed by atoms with Crippen LogP contribution in [-0.2, 0) is 6.61 Å². The Morgan fingerprint density at radius 1 is 0.960 bits per heavy atom. The molecule has 0 saturated carbocycles. The number of ether oxygens (including phenoxy) is 1. The summed E-state index contributed by atoms with van der Waals surface area (Å²) >= 11 is 0. The molecule has 0 saturated heterocycles. The first-order valence-corrected chi connectivity index (χ1v) is 8.10. The molecule has 0 aliphatic heterocycles. The number of benzene rings is 2. The standard InChI is InChI=1S/C20H18N4O/c1-14-18(11-12-19-22-20(21)23-24(14)19)16-7-9-17(10-8-16)25-13-15-5-3-2-4-6-15/h2-12H,13H2,1H3,(H2,21,23). The van der Waals surface area contributed by atoms with Crippen LogP contribution in [0.25, 0.3) is 16.8 Å². The lowest BCUT2D eigenvalue weighted by Gasteiger charge is -2.10. The average Bonchev–Trinajstić information content (AvgIpc) is 3.03. The number of aryl methyl sites for hydroxylation is 1. The molecule has 0 fully saturated rings. The molecule has 4 rings (SSSR count). The third kappa shape index (κ3) is 3.04. The first-order valence-electron chi connectivity index (χ1n) is 8.10. The molecule has 0 atom stereocenters. The van der Waals surface area contributed by atoms with E-state index in [1.54, 1.807) is 4.52 Å². The van der Waals surface area contributed by atoms with Crippen LogP contribution in [-0.4, -0.2) is 14.6 Å². The largest absolute Gasteiger partial charge is 0.489 e. The van der Waals surface area contributed by atoms with Gasteiger partial charge in [0.1, 0.15) is 12.4 Å². The van der Waals surface area contributed by atoms with E-state index in [4.69, 9.17) is 10.5 Å². The summed E-state index contributed by atoms with van der Waals surface area (Å²) in [5.41, 5.74) is 10.8. The van der Waals surface area contributed by atoms with Crippen LogP contribution in [0.5, 0.6) is 5.75 Å². The summed E-state index contributed by atoms with van der Waals surface area (Å²) in [4.78, 5) is 4.19. The first kappa shape index (κ1) is 15.2. The third-order valence-electron chi connectivity index (χ3n) is 4.17. The second-order valence-electron chi connectivity index (χ2n) is 5.87. The Bertz CT molecular complexity index is 1010. The molecule has 124 valence electrons. The SMILES string of the molecule is Cc1c(-c2ccc(OCc3ccccc3)cc2)ccc2nc(N)nn12. The fourth-order valence-corrected chi connectivity index (χ4v) is 2.86. The number of aromatic nitrogens is 3. The van der Waals surface area contributed by atoms with Gasteiger partial charge in [-0.2, -0.15) is 4.98 Å². The van der Waals surface area contributed by atoms with Crippen molar-refractivity contribution < 1.29 is 4.74 Å². The number of hydrogen-bond acceptors (Lipinski definition) is 4. The molecule has 0 unspecified atom stereocenters. The van der Waals surface area contributed by atoms with Crippen molar-refractivity contribution >= 4 is 11.6 Å². The van der Waals surface area contributed by atoms with E-state index in [1.807, 2.05) is 49.4 Å². The van der Waals surface area contributed by atoms with Crippen LogP contribution in [0.1, 0.15) is 11.3 Å². The van der Waals surface area contributed by atoms with E-state index in [0.29, 0.717) is 6.61 Å². The van der Waals surface area contributed by atoms with Gasteiger partial charge in [-0.05, 0) is 42.3 Å². The summed E-state index contributed by atoms with van der Waals surface area (Å²) in [6.07, 6.45) is 0. The summed E-state index contributed by atoms with van der Waals surface area (Å²) in [5, 5.41) is 4.24. The summed E-state index contributed by atoms with van der Waals surface area (Å²) in [6.45, 7) is 2.57. The zero-order chi connectivity index (χ0) is 17.2. The summed E-state index contributed by atoms with van der Waals surface area (Å²) < 4.78 is 7.61. The Balaban J connectivity index is 1.57. The van der Waals surface area contributed by atoms with Crippen LogP contribution in [0, 0.1) is 6.92 Å². The van der Waals surface area contributed by atoms with E-state index in [9.17, 15) is 0 Å². The highest BCUT2D eigenvalue weighted by atomic mass is 16.5. The van der Waals surface area contributed by atoms with Crippen LogP contribution in [0.4, 0.5) is 5.95 Å². The molecule has 5 nitrogen and oxygen atoms in total. The highest BCUT2D eigenvalue weighted by molar-refractivity contribution is 5.68. The molecule has 2 aromatic heterocycles. The number of pyridine rings is 1. The Labute approximate surface area is 145 Å². The fourth-order valence-electron chi connectivity index (χ4n) is 2.86. The van der Waals surface area contributed by atoms with Crippen LogP contribution in [0.15, 0.2) is 66.7 Å². The van der Waals surface area contributed by atoms with Crippen LogP contribution < -0.4 is 10.5 Å². The molecule has 25 heavy (non-hydrogen) atoms. The molecule has 2 heterocycles. The molecule has 5 heteroatoms. The van der Waals surface area contributed by atoms with Crippen LogP contribution in [0.2, 0.25) is 0 Å². The number of hydrogen-bond donors (Lipinski definition) is 1. The van der Waals surface area contributed by atoms with Gasteiger partial charge in [0.25, 0.3) is 0 Å². The minimum absolute atomic E-state index is 0.282. The molecule has 0 bridgehead atoms. The molecule has 0 amide bonds. The molecular formula is C20H18N4O. The Kier molecular flexibility index (Phi) is 3.82. The van der Waals surface area contributed by atoms with Gasteiger partial charge < -0.3 is 10.5 Å². The van der Waals surface area contributed by atoms with Crippen LogP contribution >= 0.6 is 0 Å². The summed E-state index contributed by atoms with van der Waals surface area (Å²) in [7, 11) is 0. The van der Waals surface area contributed by atoms with Gasteiger partial charge >= 0.3 is 0 Å². The second-order valence-corrected chi connectivity index (χ2v) is 5.87. The van der Waals surface area contributed by atoms with Gasteiger partial charge in [0, 0.05) is 11.3 Å². The van der Waals surface area contributed by atoms with Crippen molar-refractivity contribution in [3.05, 3.63) is 78.0 Å². The molecule has 0 aliphatic carbocycles. The van der Waals surface area contributed by atoms with Crippen molar-refractivity contribution in [3.8, 4) is 16.9 Å². The predicted molar refractivity (Wildman–Crippen MR) is 98.3 cm³/mol. The second kappa shape index (κ2) is 6.28. The van der Waals surface area contributed by atoms with E-state index < -0.39 is 0 Å². The van der Waals surface area contributed by atoms with E-state index in [0.717, 1.165) is 33.8 Å². The molecule has 0 spiro atoms. The third-order valence-corrected chi connectivity index (χ3v) is 4.17. The van der Waals surface area contributed by atoms with Gasteiger partial charge in [-0.25, -0.2) is 4.52 Å². The van der Waals surface area contributed by atoms with Crippen LogP contribution in [0.3, 0.4) is 0 Å². The van der Waals surface area contributed by atoms with Gasteiger partial charge in [0.2, 0.25) is 5.95 Å². The normalized spacial score (nSPS) is 10.9. The maximum Gasteiger partial charge on any atom is 0.240 e. The van der Waals surface area contributed by atoms with Crippen molar-refractivity contribution in [2.45, 2.75) is 13.5 Å². The topological polar surface area (TPSA) is 65.4 Å². The zero-order valence-corrected chi connectivity index (χ0v) is 13.9. The van der Waals surface area contributed by atoms with Crippen molar-refractivity contribution in [2.24, 2.45) is 0 Å². The lowest BCUT2D eigenvalue weighted by Crippen LogP contribution is -1.97. The number of nitrogen functional groups attached to an aromatic ring is 1. The highest BCUT2D eigenvalue weighted by Crippen LogP contribution is 2.26. The van der Waals surface area contributed by atoms with Gasteiger partial charge in [0.15, 0.2) is 5.65 Å². The van der Waals surface area contributed by atoms with Crippen molar-refractivity contribution in [1.82, 2.24) is 14.6 Å². The number of anilines is 1. The minimum Gasteiger partial charge on any atom is -0.489 e. The molecule has 2 aromatic carbocycles. The van der Waals surface area contributed by atoms with Gasteiger partial charge in [0.05, 0.1) is 0 Å². The van der Waals surface area contributed by atoms with Gasteiger partial charge in [-0.3, -0.25) is 0 Å². The first-order chi connectivity index (χ1) is 12.2. The van der Waals surface area contributed by atoms with Gasteiger partial charge in [-0.1, -0.05) is 42.5 Å². The van der Waals surface area contributed by atoms with E-state index in [2.05, 4.69) is 34.3 Å². The number of nitrogens with two attached hydrogens (primary N) is 1. The number of rotatable bonds is 4. The van der Waals surface area contributed by atoms with E-state index in [1.165, 1.54) is 0 Å². The minimum atomic E-state index is 0.282. The Morgan fingerprint density at radius 3 is 2.48 bits per heavy atom. The lowest BCUT2D eigenvalue weighted by molar-refractivity contribution is 0.306. The summed E-state index contributed by atoms with van der Waals surface area (Å²) in [6, 6.07) is 22.2. The quantitative estimate of drug-likeness (QED) is 0.617. The smallest absolute Gasteiger partial charge is 0.240 e. The average molecular weight is 330 g/mol. The highest BCUT2D eigenvalue weighted by Gasteiger charge is 2.09. The maximum atomic E-state index is 5.84. The van der Waals surface area contributed by atoms with Crippen molar-refractivity contribution in [3.63, 3.8) is 0 Å². The van der Waals surface area contributed by atoms with Gasteiger partial charge in [-0.15, -0.1) is 5.10 Å². The molecule has 0 radical (unpaired) electrons. The molecular weight excluding hydrogens is 312 g/mol. The number of fused-ring (bicyclic) bond motifs is 1. The monoisotopic (exact) mass is 330 g/mol. The summed E-state index contributed by atoms with van der Waals surface area (Å²) in [5.74, 6) is 1.13. The van der Waals surface area contributed by atoms with E-state index >= 15 is 0 Å². The Hall–Kier alpha value is -3.34. The van der Waals surface area contributed by atoms with Crippen molar-refractivity contribution in [1.29, 1.82) is 0 Å². The fraction of sp³-hybridized carbons (Fsp3) is 0.100. The lowest BCUT2D eigenvalue weighted by atomic mass is 10.0. The van der Waals surface area contributed by atoms with E-state index in [-0.39, 0.29) is 5.95 Å². The van der Waals surface area contributed by atoms with Crippen molar-refractivity contribution in [2.75, 3.05) is 5.73 Å². The zero-order valence-electron chi connectivity index (χ0n) is 13.9. The molecule has 4 aromatic rings. The molecule has 0 aliphatic rings. The molecule has 2 N–H and O–H groups in total. The predicted octanol–water partition coefficient (Wildman–Crippen LogP) is 3.87. The maximum absolute atomic E-state index is 5.84.